The zero-order valence-corrected chi connectivity index (χ0v) is 25.4. The maximum atomic E-state index is 13.4. The lowest BCUT2D eigenvalue weighted by Crippen LogP contribution is -2.50. The SMILES string of the molecule is CCC(OC1CCCCO1)[C@H](CC(=O)OCc1ccccc1)NC(=O)[C@@H](C)C(=O)OCC1c2ccccc2-c2ccccc21. The van der Waals surface area contributed by atoms with Gasteiger partial charge in [-0.3, -0.25) is 14.4 Å². The summed E-state index contributed by atoms with van der Waals surface area (Å²) in [7, 11) is 0. The Labute approximate surface area is 259 Å². The third-order valence-electron chi connectivity index (χ3n) is 8.37. The average Bonchev–Trinajstić information content (AvgIpc) is 3.39. The second-order valence-electron chi connectivity index (χ2n) is 11.4. The number of hydrogen-bond acceptors (Lipinski definition) is 7. The number of hydrogen-bond donors (Lipinski definition) is 1. The van der Waals surface area contributed by atoms with E-state index < -0.39 is 42.2 Å². The molecule has 1 fully saturated rings. The summed E-state index contributed by atoms with van der Waals surface area (Å²) in [5.41, 5.74) is 5.32. The third kappa shape index (κ3) is 7.73. The van der Waals surface area contributed by atoms with Crippen LogP contribution in [0.2, 0.25) is 0 Å². The van der Waals surface area contributed by atoms with Crippen molar-refractivity contribution in [3.63, 3.8) is 0 Å². The molecule has 0 bridgehead atoms. The van der Waals surface area contributed by atoms with E-state index in [4.69, 9.17) is 18.9 Å². The predicted molar refractivity (Wildman–Crippen MR) is 165 cm³/mol. The molecule has 0 radical (unpaired) electrons. The van der Waals surface area contributed by atoms with Crippen molar-refractivity contribution < 1.29 is 33.3 Å². The van der Waals surface area contributed by atoms with E-state index >= 15 is 0 Å². The van der Waals surface area contributed by atoms with Crippen LogP contribution >= 0.6 is 0 Å². The number of rotatable bonds is 13. The first-order valence-corrected chi connectivity index (χ1v) is 15.6. The van der Waals surface area contributed by atoms with Gasteiger partial charge in [-0.15, -0.1) is 0 Å². The Morgan fingerprint density at radius 3 is 2.18 bits per heavy atom. The summed E-state index contributed by atoms with van der Waals surface area (Å²) >= 11 is 0. The van der Waals surface area contributed by atoms with Crippen molar-refractivity contribution in [2.75, 3.05) is 13.2 Å². The van der Waals surface area contributed by atoms with Crippen molar-refractivity contribution in [1.29, 1.82) is 0 Å². The van der Waals surface area contributed by atoms with Crippen LogP contribution in [0.4, 0.5) is 0 Å². The maximum Gasteiger partial charge on any atom is 0.318 e. The predicted octanol–water partition coefficient (Wildman–Crippen LogP) is 5.92. The van der Waals surface area contributed by atoms with Crippen LogP contribution in [-0.4, -0.2) is 49.5 Å². The molecule has 2 aliphatic rings. The van der Waals surface area contributed by atoms with Gasteiger partial charge in [-0.05, 0) is 60.4 Å². The lowest BCUT2D eigenvalue weighted by atomic mass is 9.98. The second-order valence-corrected chi connectivity index (χ2v) is 11.4. The molecule has 4 atom stereocenters. The Morgan fingerprint density at radius 2 is 1.55 bits per heavy atom. The Balaban J connectivity index is 1.22. The van der Waals surface area contributed by atoms with E-state index in [1.54, 1.807) is 0 Å². The molecule has 0 saturated carbocycles. The van der Waals surface area contributed by atoms with E-state index in [-0.39, 0.29) is 25.6 Å². The van der Waals surface area contributed by atoms with Crippen LogP contribution in [0.25, 0.3) is 11.1 Å². The van der Waals surface area contributed by atoms with Crippen molar-refractivity contribution in [3.8, 4) is 11.1 Å². The first-order valence-electron chi connectivity index (χ1n) is 15.6. The van der Waals surface area contributed by atoms with Gasteiger partial charge in [0.1, 0.15) is 19.1 Å². The fraction of sp³-hybridized carbons (Fsp3) is 0.417. The molecule has 3 aromatic rings. The van der Waals surface area contributed by atoms with Gasteiger partial charge in [0.15, 0.2) is 6.29 Å². The molecule has 1 saturated heterocycles. The molecule has 8 heteroatoms. The van der Waals surface area contributed by atoms with Gasteiger partial charge in [-0.2, -0.15) is 0 Å². The molecule has 44 heavy (non-hydrogen) atoms. The van der Waals surface area contributed by atoms with Crippen molar-refractivity contribution in [1.82, 2.24) is 5.32 Å². The van der Waals surface area contributed by atoms with Crippen LogP contribution in [0.15, 0.2) is 78.9 Å². The van der Waals surface area contributed by atoms with Crippen LogP contribution < -0.4 is 5.32 Å². The molecule has 8 nitrogen and oxygen atoms in total. The highest BCUT2D eigenvalue weighted by Gasteiger charge is 2.34. The molecule has 3 aromatic carbocycles. The molecule has 1 heterocycles. The number of amides is 1. The Bertz CT molecular complexity index is 1370. The molecule has 1 aliphatic carbocycles. The molecule has 1 amide bonds. The number of nitrogens with one attached hydrogen (secondary N) is 1. The summed E-state index contributed by atoms with van der Waals surface area (Å²) in [6, 6.07) is 24.9. The molecule has 0 aromatic heterocycles. The minimum absolute atomic E-state index is 0.109. The standard InChI is InChI=1S/C36H41NO7/c1-3-32(44-34-19-11-12-20-41-34)31(21-33(38)42-22-25-13-5-4-6-14-25)37-35(39)24(2)36(40)43-23-30-28-17-9-7-15-26(28)27-16-8-10-18-29(27)30/h4-10,13-18,24,30-32,34H,3,11-12,19-23H2,1-2H3,(H,37,39)/t24-,31+,32?,34?/m1/s1. The minimum atomic E-state index is -1.09. The van der Waals surface area contributed by atoms with Crippen LogP contribution in [0.1, 0.15) is 68.6 Å². The number of ether oxygens (including phenoxy) is 4. The van der Waals surface area contributed by atoms with Gasteiger partial charge in [-0.1, -0.05) is 85.8 Å². The van der Waals surface area contributed by atoms with Crippen LogP contribution in [-0.2, 0) is 39.9 Å². The lowest BCUT2D eigenvalue weighted by Gasteiger charge is -2.32. The minimum Gasteiger partial charge on any atom is -0.464 e. The molecule has 2 unspecified atom stereocenters. The van der Waals surface area contributed by atoms with Crippen molar-refractivity contribution >= 4 is 17.8 Å². The summed E-state index contributed by atoms with van der Waals surface area (Å²) in [6.07, 6.45) is 2.19. The Hall–Kier alpha value is -4.01. The van der Waals surface area contributed by atoms with Gasteiger partial charge >= 0.3 is 11.9 Å². The topological polar surface area (TPSA) is 100 Å². The Morgan fingerprint density at radius 1 is 0.886 bits per heavy atom. The number of carbonyl (C=O) groups excluding carboxylic acids is 3. The van der Waals surface area contributed by atoms with E-state index in [0.29, 0.717) is 13.0 Å². The molecular formula is C36H41NO7. The molecule has 1 N–H and O–H groups in total. The number of fused-ring (bicyclic) bond motifs is 3. The summed E-state index contributed by atoms with van der Waals surface area (Å²) < 4.78 is 23.3. The van der Waals surface area contributed by atoms with E-state index in [9.17, 15) is 14.4 Å². The summed E-state index contributed by atoms with van der Waals surface area (Å²) in [4.78, 5) is 39.5. The molecule has 1 aliphatic heterocycles. The summed E-state index contributed by atoms with van der Waals surface area (Å²) in [5, 5.41) is 2.91. The first kappa shape index (κ1) is 31.4. The Kier molecular flexibility index (Phi) is 10.8. The fourth-order valence-corrected chi connectivity index (χ4v) is 5.89. The third-order valence-corrected chi connectivity index (χ3v) is 8.37. The zero-order chi connectivity index (χ0) is 30.9. The first-order chi connectivity index (χ1) is 21.4. The fourth-order valence-electron chi connectivity index (χ4n) is 5.89. The maximum absolute atomic E-state index is 13.4. The summed E-state index contributed by atoms with van der Waals surface area (Å²) in [6.45, 7) is 4.30. The highest BCUT2D eigenvalue weighted by atomic mass is 16.7. The lowest BCUT2D eigenvalue weighted by molar-refractivity contribution is -0.196. The van der Waals surface area contributed by atoms with Gasteiger partial charge in [0, 0.05) is 12.5 Å². The monoisotopic (exact) mass is 599 g/mol. The molecule has 5 rings (SSSR count). The highest BCUT2D eigenvalue weighted by Crippen LogP contribution is 2.44. The van der Waals surface area contributed by atoms with E-state index in [2.05, 4.69) is 17.4 Å². The molecular weight excluding hydrogens is 558 g/mol. The van der Waals surface area contributed by atoms with Crippen LogP contribution in [0.5, 0.6) is 0 Å². The zero-order valence-electron chi connectivity index (χ0n) is 25.4. The highest BCUT2D eigenvalue weighted by molar-refractivity contribution is 5.97. The second kappa shape index (κ2) is 15.1. The van der Waals surface area contributed by atoms with Crippen molar-refractivity contribution in [3.05, 3.63) is 95.6 Å². The number of benzene rings is 3. The van der Waals surface area contributed by atoms with E-state index in [1.807, 2.05) is 73.7 Å². The quantitative estimate of drug-likeness (QED) is 0.192. The molecule has 232 valence electrons. The number of carbonyl (C=O) groups is 3. The van der Waals surface area contributed by atoms with Crippen LogP contribution in [0.3, 0.4) is 0 Å². The smallest absolute Gasteiger partial charge is 0.318 e. The largest absolute Gasteiger partial charge is 0.464 e. The van der Waals surface area contributed by atoms with Gasteiger partial charge < -0.3 is 24.3 Å². The van der Waals surface area contributed by atoms with Crippen LogP contribution in [0, 0.1) is 5.92 Å². The van der Waals surface area contributed by atoms with Gasteiger partial charge in [-0.25, -0.2) is 0 Å². The normalized spacial score (nSPS) is 17.9. The summed E-state index contributed by atoms with van der Waals surface area (Å²) in [5.74, 6) is -2.83. The average molecular weight is 600 g/mol. The van der Waals surface area contributed by atoms with Gasteiger partial charge in [0.05, 0.1) is 18.6 Å². The number of esters is 2. The van der Waals surface area contributed by atoms with E-state index in [1.165, 1.54) is 6.92 Å². The van der Waals surface area contributed by atoms with Gasteiger partial charge in [0.2, 0.25) is 5.91 Å². The van der Waals surface area contributed by atoms with E-state index in [0.717, 1.165) is 47.1 Å². The van der Waals surface area contributed by atoms with Crippen molar-refractivity contribution in [2.24, 2.45) is 5.92 Å². The molecule has 0 spiro atoms. The van der Waals surface area contributed by atoms with Crippen molar-refractivity contribution in [2.45, 2.75) is 76.9 Å². The van der Waals surface area contributed by atoms with Gasteiger partial charge in [0.25, 0.3) is 0 Å².